The number of rotatable bonds is 7. The SMILES string of the molecule is CN1C(=O)CCC1c1cc2[nH]c(-c3nc(CC(=O)O)c(Cl)s3)cc2cc1Oc1ccc(S(C)(=O)=O)cc1. The van der Waals surface area contributed by atoms with Gasteiger partial charge in [-0.2, -0.15) is 0 Å². The molecule has 2 aromatic carbocycles. The van der Waals surface area contributed by atoms with E-state index in [-0.39, 0.29) is 23.3 Å². The lowest BCUT2D eigenvalue weighted by Crippen LogP contribution is -2.22. The quantitative estimate of drug-likeness (QED) is 0.323. The molecule has 0 spiro atoms. The number of fused-ring (bicyclic) bond motifs is 1. The molecule has 0 saturated carbocycles. The van der Waals surface area contributed by atoms with Crippen molar-refractivity contribution in [3.8, 4) is 22.2 Å². The minimum atomic E-state index is -3.34. The number of amides is 1. The van der Waals surface area contributed by atoms with Crippen LogP contribution in [0, 0.1) is 0 Å². The van der Waals surface area contributed by atoms with Crippen LogP contribution in [0.2, 0.25) is 4.34 Å². The van der Waals surface area contributed by atoms with Crippen molar-refractivity contribution in [1.29, 1.82) is 0 Å². The standard InChI is InChI=1S/C25H22ClN3O6S2/c1-29-20(7-8-22(29)30)16-11-17-13(9-19(27-17)25-28-18(12-23(31)32)24(26)36-25)10-21(16)35-14-3-5-15(6-4-14)37(2,33)34/h3-6,9-11,20,27H,7-8,12H2,1-2H3,(H,31,32). The van der Waals surface area contributed by atoms with E-state index in [1.165, 1.54) is 23.5 Å². The third-order valence-corrected chi connectivity index (χ3v) is 8.78. The van der Waals surface area contributed by atoms with E-state index in [2.05, 4.69) is 9.97 Å². The number of thiazole rings is 1. The molecule has 1 atom stereocenters. The van der Waals surface area contributed by atoms with Crippen LogP contribution >= 0.6 is 22.9 Å². The van der Waals surface area contributed by atoms with Crippen molar-refractivity contribution in [2.45, 2.75) is 30.2 Å². The van der Waals surface area contributed by atoms with Gasteiger partial charge in [-0.3, -0.25) is 9.59 Å². The van der Waals surface area contributed by atoms with Crippen molar-refractivity contribution in [3.05, 3.63) is 58.1 Å². The van der Waals surface area contributed by atoms with Crippen LogP contribution in [0.15, 0.2) is 47.4 Å². The number of carboxylic acids is 1. The predicted molar refractivity (Wildman–Crippen MR) is 140 cm³/mol. The maximum Gasteiger partial charge on any atom is 0.309 e. The number of halogens is 1. The van der Waals surface area contributed by atoms with Crippen LogP contribution in [0.4, 0.5) is 0 Å². The van der Waals surface area contributed by atoms with Gasteiger partial charge in [-0.1, -0.05) is 11.6 Å². The van der Waals surface area contributed by atoms with Crippen LogP contribution in [-0.4, -0.2) is 53.6 Å². The summed E-state index contributed by atoms with van der Waals surface area (Å²) in [5, 5.41) is 10.5. The van der Waals surface area contributed by atoms with Crippen molar-refractivity contribution in [2.24, 2.45) is 0 Å². The second kappa shape index (κ2) is 9.47. The van der Waals surface area contributed by atoms with Crippen molar-refractivity contribution in [1.82, 2.24) is 14.9 Å². The number of aliphatic carboxylic acids is 1. The van der Waals surface area contributed by atoms with Gasteiger partial charge in [0.2, 0.25) is 5.91 Å². The van der Waals surface area contributed by atoms with Gasteiger partial charge in [0.1, 0.15) is 20.8 Å². The zero-order valence-corrected chi connectivity index (χ0v) is 22.2. The number of carboxylic acid groups (broad SMARTS) is 1. The number of benzene rings is 2. The second-order valence-electron chi connectivity index (χ2n) is 8.87. The van der Waals surface area contributed by atoms with Gasteiger partial charge >= 0.3 is 5.97 Å². The Morgan fingerprint density at radius 2 is 2.00 bits per heavy atom. The summed E-state index contributed by atoms with van der Waals surface area (Å²) in [5.41, 5.74) is 2.59. The Balaban J connectivity index is 1.56. The smallest absolute Gasteiger partial charge is 0.309 e. The largest absolute Gasteiger partial charge is 0.481 e. The number of sulfone groups is 1. The molecule has 12 heteroatoms. The van der Waals surface area contributed by atoms with Crippen molar-refractivity contribution in [3.63, 3.8) is 0 Å². The van der Waals surface area contributed by atoms with Gasteiger partial charge in [-0.15, -0.1) is 11.3 Å². The molecule has 1 aliphatic rings. The van der Waals surface area contributed by atoms with E-state index in [4.69, 9.17) is 21.4 Å². The number of ether oxygens (including phenoxy) is 1. The number of hydrogen-bond donors (Lipinski definition) is 2. The lowest BCUT2D eigenvalue weighted by Gasteiger charge is -2.23. The Bertz CT molecular complexity index is 1640. The molecule has 1 fully saturated rings. The molecule has 1 aliphatic heterocycles. The van der Waals surface area contributed by atoms with Crippen LogP contribution in [0.1, 0.15) is 30.1 Å². The summed E-state index contributed by atoms with van der Waals surface area (Å²) in [6.45, 7) is 0. The van der Waals surface area contributed by atoms with Gasteiger partial charge in [-0.05, 0) is 48.9 Å². The number of aromatic nitrogens is 2. The average Bonchev–Trinajstić information content (AvgIpc) is 3.50. The fraction of sp³-hybridized carbons (Fsp3) is 0.240. The Kier molecular flexibility index (Phi) is 6.47. The third kappa shape index (κ3) is 5.07. The van der Waals surface area contributed by atoms with Crippen LogP contribution in [0.25, 0.3) is 21.6 Å². The Morgan fingerprint density at radius 3 is 2.62 bits per heavy atom. The first-order chi connectivity index (χ1) is 17.5. The van der Waals surface area contributed by atoms with E-state index >= 15 is 0 Å². The molecule has 0 bridgehead atoms. The summed E-state index contributed by atoms with van der Waals surface area (Å²) >= 11 is 7.41. The zero-order valence-electron chi connectivity index (χ0n) is 19.8. The molecule has 1 amide bonds. The Hall–Kier alpha value is -3.41. The summed E-state index contributed by atoms with van der Waals surface area (Å²) in [6, 6.07) is 11.7. The average molecular weight is 560 g/mol. The van der Waals surface area contributed by atoms with Gasteiger partial charge in [-0.25, -0.2) is 13.4 Å². The molecular formula is C25H22ClN3O6S2. The molecule has 1 unspecified atom stereocenters. The van der Waals surface area contributed by atoms with E-state index in [0.717, 1.165) is 22.7 Å². The zero-order chi connectivity index (χ0) is 26.5. The highest BCUT2D eigenvalue weighted by molar-refractivity contribution is 7.90. The minimum absolute atomic E-state index is 0.0455. The van der Waals surface area contributed by atoms with Crippen LogP contribution in [0.5, 0.6) is 11.5 Å². The molecule has 192 valence electrons. The first-order valence-electron chi connectivity index (χ1n) is 11.3. The number of likely N-dealkylation sites (tertiary alicyclic amines) is 1. The Morgan fingerprint density at radius 1 is 1.27 bits per heavy atom. The predicted octanol–water partition coefficient (Wildman–Crippen LogP) is 5.06. The molecule has 3 heterocycles. The number of carbonyl (C=O) groups is 2. The Labute approximate surface area is 221 Å². The van der Waals surface area contributed by atoms with Crippen LogP contribution < -0.4 is 4.74 Å². The lowest BCUT2D eigenvalue weighted by molar-refractivity contribution is -0.136. The van der Waals surface area contributed by atoms with Crippen molar-refractivity contribution < 1.29 is 27.9 Å². The first-order valence-corrected chi connectivity index (χ1v) is 14.4. The number of H-pyrrole nitrogens is 1. The number of nitrogens with one attached hydrogen (secondary N) is 1. The highest BCUT2D eigenvalue weighted by Crippen LogP contribution is 2.42. The minimum Gasteiger partial charge on any atom is -0.481 e. The fourth-order valence-electron chi connectivity index (χ4n) is 4.39. The van der Waals surface area contributed by atoms with Gasteiger partial charge in [0, 0.05) is 36.2 Å². The molecule has 2 aromatic heterocycles. The molecule has 9 nitrogen and oxygen atoms in total. The van der Waals surface area contributed by atoms with E-state index in [1.54, 1.807) is 24.1 Å². The third-order valence-electron chi connectivity index (χ3n) is 6.28. The van der Waals surface area contributed by atoms with E-state index in [1.807, 2.05) is 18.2 Å². The maximum absolute atomic E-state index is 12.3. The fourth-order valence-corrected chi connectivity index (χ4v) is 6.13. The van der Waals surface area contributed by atoms with Crippen LogP contribution in [0.3, 0.4) is 0 Å². The van der Waals surface area contributed by atoms with Gasteiger partial charge in [0.05, 0.1) is 28.7 Å². The highest BCUT2D eigenvalue weighted by atomic mass is 35.5. The van der Waals surface area contributed by atoms with Gasteiger partial charge in [0.25, 0.3) is 0 Å². The van der Waals surface area contributed by atoms with E-state index in [0.29, 0.717) is 45.1 Å². The number of aromatic amines is 1. The molecule has 0 aliphatic carbocycles. The van der Waals surface area contributed by atoms with Crippen LogP contribution in [-0.2, 0) is 25.8 Å². The molecule has 4 aromatic rings. The van der Waals surface area contributed by atoms with Gasteiger partial charge < -0.3 is 19.7 Å². The van der Waals surface area contributed by atoms with E-state index < -0.39 is 15.8 Å². The first kappa shape index (κ1) is 25.2. The summed E-state index contributed by atoms with van der Waals surface area (Å²) in [6.07, 6.45) is 1.95. The van der Waals surface area contributed by atoms with E-state index in [9.17, 15) is 18.0 Å². The summed E-state index contributed by atoms with van der Waals surface area (Å²) in [4.78, 5) is 33.0. The lowest BCUT2D eigenvalue weighted by atomic mass is 10.0. The summed E-state index contributed by atoms with van der Waals surface area (Å²) in [7, 11) is -1.58. The number of nitrogens with zero attached hydrogens (tertiary/aromatic N) is 2. The summed E-state index contributed by atoms with van der Waals surface area (Å²) in [5.74, 6) is 0.0342. The molecule has 1 saturated heterocycles. The topological polar surface area (TPSA) is 130 Å². The van der Waals surface area contributed by atoms with Crippen molar-refractivity contribution >= 4 is 55.6 Å². The maximum atomic E-state index is 12.3. The summed E-state index contributed by atoms with van der Waals surface area (Å²) < 4.78 is 30.2. The monoisotopic (exact) mass is 559 g/mol. The molecule has 5 rings (SSSR count). The second-order valence-corrected chi connectivity index (χ2v) is 12.5. The number of carbonyl (C=O) groups excluding carboxylic acids is 1. The van der Waals surface area contributed by atoms with Gasteiger partial charge in [0.15, 0.2) is 9.84 Å². The molecule has 37 heavy (non-hydrogen) atoms. The molecular weight excluding hydrogens is 538 g/mol. The normalized spacial score (nSPS) is 16.0. The molecule has 2 N–H and O–H groups in total. The highest BCUT2D eigenvalue weighted by Gasteiger charge is 2.32. The van der Waals surface area contributed by atoms with Crippen molar-refractivity contribution in [2.75, 3.05) is 13.3 Å². The number of hydrogen-bond acceptors (Lipinski definition) is 7. The molecule has 0 radical (unpaired) electrons.